The fraction of sp³-hybridized carbons (Fsp3) is 0.348. The molecule has 4 N–H and O–H groups in total. The quantitative estimate of drug-likeness (QED) is 0.246. The lowest BCUT2D eigenvalue weighted by Gasteiger charge is -2.43. The molecule has 37 heavy (non-hydrogen) atoms. The van der Waals surface area contributed by atoms with Crippen molar-refractivity contribution in [1.82, 2.24) is 19.9 Å². The zero-order valence-electron chi connectivity index (χ0n) is 19.5. The molecule has 0 fully saturated rings. The lowest BCUT2D eigenvalue weighted by Crippen LogP contribution is -2.53. The van der Waals surface area contributed by atoms with Crippen LogP contribution >= 0.6 is 11.8 Å². The predicted molar refractivity (Wildman–Crippen MR) is 131 cm³/mol. The smallest absolute Gasteiger partial charge is 0.415 e. The van der Waals surface area contributed by atoms with Crippen LogP contribution in [0.3, 0.4) is 0 Å². The van der Waals surface area contributed by atoms with Crippen LogP contribution in [0.25, 0.3) is 11.0 Å². The molecule has 1 aliphatic rings. The Bertz CT molecular complexity index is 1410. The molecule has 4 rings (SSSR count). The van der Waals surface area contributed by atoms with E-state index in [0.717, 1.165) is 0 Å². The number of hydrogen-bond acceptors (Lipinski definition) is 10. The van der Waals surface area contributed by atoms with Crippen molar-refractivity contribution >= 4 is 39.5 Å². The summed E-state index contributed by atoms with van der Waals surface area (Å²) in [5, 5.41) is 12.8. The van der Waals surface area contributed by atoms with E-state index in [1.807, 2.05) is 0 Å². The first-order valence-electron chi connectivity index (χ1n) is 10.7. The topological polar surface area (TPSA) is 131 Å². The number of nitrogens with one attached hydrogen (secondary N) is 1. The molecule has 0 spiro atoms. The summed E-state index contributed by atoms with van der Waals surface area (Å²) in [5.41, 5.74) is 5.25. The van der Waals surface area contributed by atoms with Gasteiger partial charge in [0.15, 0.2) is 17.1 Å². The van der Waals surface area contributed by atoms with Gasteiger partial charge < -0.3 is 20.9 Å². The van der Waals surface area contributed by atoms with Crippen LogP contribution in [0.4, 0.5) is 29.1 Å². The van der Waals surface area contributed by atoms with E-state index >= 15 is 0 Å². The molecule has 14 heteroatoms. The van der Waals surface area contributed by atoms with Crippen molar-refractivity contribution in [1.29, 1.82) is 0 Å². The number of aromatic nitrogens is 4. The van der Waals surface area contributed by atoms with Gasteiger partial charge in [-0.05, 0) is 26.3 Å². The number of aliphatic hydroxyl groups excluding tert-OH is 1. The normalized spacial score (nSPS) is 22.7. The van der Waals surface area contributed by atoms with Gasteiger partial charge >= 0.3 is 6.18 Å². The highest BCUT2D eigenvalue weighted by atomic mass is 32.2. The molecule has 0 aliphatic carbocycles. The first kappa shape index (κ1) is 26.4. The number of terminal acetylenes is 1. The third-order valence-electron chi connectivity index (χ3n) is 5.73. The van der Waals surface area contributed by atoms with Crippen molar-refractivity contribution < 1.29 is 27.4 Å². The monoisotopic (exact) mass is 535 g/mol. The number of nitrogens with two attached hydrogens (primary N) is 1. The molecule has 3 atom stereocenters. The van der Waals surface area contributed by atoms with Crippen molar-refractivity contribution in [2.75, 3.05) is 11.9 Å². The summed E-state index contributed by atoms with van der Waals surface area (Å²) in [6.45, 7) is 2.70. The van der Waals surface area contributed by atoms with Gasteiger partial charge in [0, 0.05) is 11.6 Å². The predicted octanol–water partition coefficient (Wildman–Crippen LogP) is 3.66. The van der Waals surface area contributed by atoms with Gasteiger partial charge in [-0.25, -0.2) is 19.9 Å². The minimum atomic E-state index is -4.91. The van der Waals surface area contributed by atoms with Gasteiger partial charge in [-0.15, -0.1) is 6.42 Å². The number of pyridine rings is 2. The molecule has 0 aromatic carbocycles. The first-order chi connectivity index (χ1) is 17.3. The van der Waals surface area contributed by atoms with Gasteiger partial charge in [0.2, 0.25) is 5.95 Å². The Kier molecular flexibility index (Phi) is 6.87. The number of alkyl halides is 3. The summed E-state index contributed by atoms with van der Waals surface area (Å²) in [7, 11) is 0. The van der Waals surface area contributed by atoms with Crippen LogP contribution in [0.1, 0.15) is 25.8 Å². The minimum Gasteiger partial charge on any atom is -0.479 e. The number of aliphatic imine (C=N–C) groups is 1. The van der Waals surface area contributed by atoms with Crippen LogP contribution in [-0.4, -0.2) is 53.8 Å². The Balaban J connectivity index is 1.69. The third kappa shape index (κ3) is 5.37. The van der Waals surface area contributed by atoms with Crippen LogP contribution < -0.4 is 15.8 Å². The molecule has 0 bridgehead atoms. The second-order valence-electron chi connectivity index (χ2n) is 8.70. The van der Waals surface area contributed by atoms with Crippen molar-refractivity contribution in [3.8, 4) is 18.1 Å². The Morgan fingerprint density at radius 1 is 1.24 bits per heavy atom. The average molecular weight is 536 g/mol. The molecule has 9 nitrogen and oxygen atoms in total. The molecule has 194 valence electrons. The number of fused-ring (bicyclic) bond motifs is 1. The lowest BCUT2D eigenvalue weighted by molar-refractivity contribution is -0.213. The largest absolute Gasteiger partial charge is 0.479 e. The van der Waals surface area contributed by atoms with E-state index in [4.69, 9.17) is 16.9 Å². The Hall–Kier alpha value is -3.70. The van der Waals surface area contributed by atoms with Gasteiger partial charge in [0.1, 0.15) is 24.2 Å². The van der Waals surface area contributed by atoms with Crippen molar-refractivity contribution in [2.24, 2.45) is 10.7 Å². The Labute approximate surface area is 213 Å². The molecular weight excluding hydrogens is 514 g/mol. The number of nitrogens with zero attached hydrogens (tertiary/aromatic N) is 5. The second-order valence-corrected chi connectivity index (χ2v) is 10.3. The van der Waals surface area contributed by atoms with E-state index < -0.39 is 28.5 Å². The van der Waals surface area contributed by atoms with Gasteiger partial charge in [-0.3, -0.25) is 4.99 Å². The Morgan fingerprint density at radius 2 is 2.00 bits per heavy atom. The van der Waals surface area contributed by atoms with Crippen LogP contribution in [0, 0.1) is 18.3 Å². The molecule has 0 unspecified atom stereocenters. The van der Waals surface area contributed by atoms with Crippen LogP contribution in [0.2, 0.25) is 0 Å². The highest BCUT2D eigenvalue weighted by Gasteiger charge is 2.56. The first-order valence-corrected chi connectivity index (χ1v) is 11.6. The van der Waals surface area contributed by atoms with E-state index in [1.165, 1.54) is 38.6 Å². The van der Waals surface area contributed by atoms with E-state index in [9.17, 15) is 22.7 Å². The van der Waals surface area contributed by atoms with Crippen LogP contribution in [0.15, 0.2) is 35.8 Å². The third-order valence-corrected chi connectivity index (χ3v) is 6.87. The summed E-state index contributed by atoms with van der Waals surface area (Å²) < 4.78 is 58.6. The fourth-order valence-corrected chi connectivity index (χ4v) is 5.49. The molecular formula is C23H21F4N7O2S. The maximum atomic E-state index is 14.9. The number of thioether (sulfide) groups is 1. The SMILES string of the molecule is C#CCOc1cnc2c(Nc3cnc(F)c([C@]4(C)C[C@](C)([C@H](O)C(F)(F)F)SC(N)=N4)c3)ncnc2c1. The van der Waals surface area contributed by atoms with E-state index in [-0.39, 0.29) is 35.3 Å². The molecule has 4 heterocycles. The number of ether oxygens (including phenoxy) is 1. The molecule has 0 radical (unpaired) electrons. The van der Waals surface area contributed by atoms with Gasteiger partial charge in [0.05, 0.1) is 33.9 Å². The summed E-state index contributed by atoms with van der Waals surface area (Å²) >= 11 is 0.594. The van der Waals surface area contributed by atoms with E-state index in [2.05, 4.69) is 36.2 Å². The fourth-order valence-electron chi connectivity index (χ4n) is 4.17. The molecule has 3 aromatic heterocycles. The molecule has 0 amide bonds. The summed E-state index contributed by atoms with van der Waals surface area (Å²) in [6, 6.07) is 2.97. The van der Waals surface area contributed by atoms with Crippen LogP contribution in [0.5, 0.6) is 5.75 Å². The minimum absolute atomic E-state index is 0.0523. The van der Waals surface area contributed by atoms with Gasteiger partial charge in [-0.1, -0.05) is 17.7 Å². The van der Waals surface area contributed by atoms with Crippen LogP contribution in [-0.2, 0) is 5.54 Å². The molecule has 0 saturated carbocycles. The van der Waals surface area contributed by atoms with Crippen molar-refractivity contribution in [2.45, 2.75) is 42.8 Å². The molecule has 3 aromatic rings. The van der Waals surface area contributed by atoms with E-state index in [0.29, 0.717) is 28.5 Å². The number of halogens is 4. The summed E-state index contributed by atoms with van der Waals surface area (Å²) in [6.07, 6.45) is 1.11. The summed E-state index contributed by atoms with van der Waals surface area (Å²) in [4.78, 5) is 20.6. The van der Waals surface area contributed by atoms with Gasteiger partial charge in [-0.2, -0.15) is 17.6 Å². The number of hydrogen-bond donors (Lipinski definition) is 3. The number of anilines is 2. The highest BCUT2D eigenvalue weighted by molar-refractivity contribution is 8.15. The maximum Gasteiger partial charge on any atom is 0.415 e. The Morgan fingerprint density at radius 3 is 2.70 bits per heavy atom. The van der Waals surface area contributed by atoms with Crippen molar-refractivity contribution in [3.63, 3.8) is 0 Å². The number of aliphatic hydroxyl groups is 1. The zero-order chi connectivity index (χ0) is 27.0. The molecule has 0 saturated heterocycles. The zero-order valence-corrected chi connectivity index (χ0v) is 20.4. The lowest BCUT2D eigenvalue weighted by atomic mass is 9.81. The number of rotatable bonds is 6. The highest BCUT2D eigenvalue weighted by Crippen LogP contribution is 2.50. The maximum absolute atomic E-state index is 14.9. The number of amidine groups is 1. The molecule has 1 aliphatic heterocycles. The second kappa shape index (κ2) is 9.64. The van der Waals surface area contributed by atoms with E-state index in [1.54, 1.807) is 6.07 Å². The van der Waals surface area contributed by atoms with Crippen molar-refractivity contribution in [3.05, 3.63) is 42.4 Å². The average Bonchev–Trinajstić information content (AvgIpc) is 2.82. The summed E-state index contributed by atoms with van der Waals surface area (Å²) in [5.74, 6) is 2.07. The standard InChI is InChI=1S/C23H21F4N7O2S/c1-4-5-36-13-7-15-16(29-9-13)18(32-11-31-15)33-12-6-14(17(24)30-8-12)21(2)10-22(3,37-20(28)34-21)19(35)23(25,26)27/h1,6-9,11,19,35H,5,10H2,2-3H3,(H2,28,34)(H,31,32,33)/t19-,21-,22+/m0/s1. The van der Waals surface area contributed by atoms with Gasteiger partial charge in [0.25, 0.3) is 0 Å².